The molecule has 0 radical (unpaired) electrons. The molecule has 3 heterocycles. The van der Waals surface area contributed by atoms with Crippen molar-refractivity contribution in [3.63, 3.8) is 0 Å². The minimum Gasteiger partial charge on any atom is -0.481 e. The molecule has 2 aliphatic heterocycles. The monoisotopic (exact) mass is 516 g/mol. The van der Waals surface area contributed by atoms with Crippen LogP contribution in [0.15, 0.2) is 9.70 Å². The molecular weight excluding hydrogens is 484 g/mol. The Morgan fingerprint density at radius 3 is 2.51 bits per heavy atom. The fourth-order valence-corrected chi connectivity index (χ4v) is 5.77. The van der Waals surface area contributed by atoms with Gasteiger partial charge in [-0.25, -0.2) is 0 Å². The first-order valence-electron chi connectivity index (χ1n) is 12.2. The molecule has 2 saturated heterocycles. The third-order valence-electron chi connectivity index (χ3n) is 6.41. The van der Waals surface area contributed by atoms with Gasteiger partial charge in [0.15, 0.2) is 0 Å². The SMILES string of the molecule is CCCCn1c(N2CCCC2)c(C=C2SC(=S)N(CCCCCC(=O)O)C2=O)c(C)c(C#N)c1=O. The number of nitrogens with zero attached hydrogens (tertiary/aromatic N) is 4. The predicted molar refractivity (Wildman–Crippen MR) is 142 cm³/mol. The lowest BCUT2D eigenvalue weighted by Crippen LogP contribution is -2.33. The number of carboxylic acids is 1. The number of pyridine rings is 1. The minimum absolute atomic E-state index is 0.115. The Balaban J connectivity index is 1.97. The van der Waals surface area contributed by atoms with Crippen LogP contribution in [0.5, 0.6) is 0 Å². The Morgan fingerprint density at radius 2 is 1.89 bits per heavy atom. The Bertz CT molecular complexity index is 1130. The molecule has 1 aromatic rings. The molecule has 1 amide bonds. The van der Waals surface area contributed by atoms with Gasteiger partial charge in [-0.3, -0.25) is 23.9 Å². The largest absolute Gasteiger partial charge is 0.481 e. The van der Waals surface area contributed by atoms with Gasteiger partial charge in [0.25, 0.3) is 11.5 Å². The predicted octanol–water partition coefficient (Wildman–Crippen LogP) is 4.27. The number of aliphatic carboxylic acids is 1. The number of thiocarbonyl (C=S) groups is 1. The highest BCUT2D eigenvalue weighted by Crippen LogP contribution is 2.36. The van der Waals surface area contributed by atoms with E-state index in [1.807, 2.05) is 0 Å². The van der Waals surface area contributed by atoms with Crippen molar-refractivity contribution in [2.75, 3.05) is 24.5 Å². The molecule has 2 aliphatic rings. The zero-order valence-electron chi connectivity index (χ0n) is 20.3. The number of hydrogen-bond acceptors (Lipinski definition) is 7. The van der Waals surface area contributed by atoms with Gasteiger partial charge in [0.05, 0.1) is 4.91 Å². The summed E-state index contributed by atoms with van der Waals surface area (Å²) in [5.41, 5.74) is 1.17. The molecule has 3 rings (SSSR count). The normalized spacial score (nSPS) is 17.0. The van der Waals surface area contributed by atoms with Crippen LogP contribution in [0, 0.1) is 18.3 Å². The van der Waals surface area contributed by atoms with Crippen LogP contribution < -0.4 is 10.5 Å². The number of anilines is 1. The van der Waals surface area contributed by atoms with Crippen molar-refractivity contribution < 1.29 is 14.7 Å². The van der Waals surface area contributed by atoms with Crippen LogP contribution in [0.1, 0.15) is 75.0 Å². The summed E-state index contributed by atoms with van der Waals surface area (Å²) in [6.07, 6.45) is 7.66. The Morgan fingerprint density at radius 1 is 1.17 bits per heavy atom. The summed E-state index contributed by atoms with van der Waals surface area (Å²) in [5, 5.41) is 18.6. The fourth-order valence-electron chi connectivity index (χ4n) is 4.48. The van der Waals surface area contributed by atoms with Crippen LogP contribution in [-0.4, -0.2) is 50.4 Å². The molecular formula is C25H32N4O4S2. The number of carboxylic acid groups (broad SMARTS) is 1. The molecule has 10 heteroatoms. The van der Waals surface area contributed by atoms with Crippen LogP contribution in [0.25, 0.3) is 6.08 Å². The number of rotatable bonds is 11. The van der Waals surface area contributed by atoms with Gasteiger partial charge in [0.2, 0.25) is 0 Å². The van der Waals surface area contributed by atoms with Crippen molar-refractivity contribution in [3.8, 4) is 6.07 Å². The number of nitriles is 1. The summed E-state index contributed by atoms with van der Waals surface area (Å²) in [4.78, 5) is 41.4. The second-order valence-electron chi connectivity index (χ2n) is 8.89. The maximum absolute atomic E-state index is 13.2. The molecule has 1 aromatic heterocycles. The van der Waals surface area contributed by atoms with Crippen LogP contribution in [0.2, 0.25) is 0 Å². The van der Waals surface area contributed by atoms with Crippen LogP contribution >= 0.6 is 24.0 Å². The molecule has 1 N–H and O–H groups in total. The van der Waals surface area contributed by atoms with Gasteiger partial charge < -0.3 is 10.0 Å². The summed E-state index contributed by atoms with van der Waals surface area (Å²) >= 11 is 6.70. The van der Waals surface area contributed by atoms with Crippen LogP contribution in [-0.2, 0) is 16.1 Å². The Labute approximate surface area is 215 Å². The number of thioether (sulfide) groups is 1. The van der Waals surface area contributed by atoms with Gasteiger partial charge in [-0.2, -0.15) is 5.26 Å². The molecule has 2 fully saturated rings. The number of aromatic nitrogens is 1. The summed E-state index contributed by atoms with van der Waals surface area (Å²) in [6.45, 7) is 6.46. The molecule has 0 bridgehead atoms. The Kier molecular flexibility index (Phi) is 9.52. The fraction of sp³-hybridized carbons (Fsp3) is 0.560. The summed E-state index contributed by atoms with van der Waals surface area (Å²) in [6, 6.07) is 2.09. The lowest BCUT2D eigenvalue weighted by Gasteiger charge is -2.27. The van der Waals surface area contributed by atoms with E-state index in [1.54, 1.807) is 22.5 Å². The topological polar surface area (TPSA) is 107 Å². The minimum atomic E-state index is -0.820. The number of unbranched alkanes of at least 4 members (excludes halogenated alkanes) is 3. The van der Waals surface area contributed by atoms with E-state index in [-0.39, 0.29) is 23.5 Å². The van der Waals surface area contributed by atoms with Crippen molar-refractivity contribution in [1.82, 2.24) is 9.47 Å². The van der Waals surface area contributed by atoms with E-state index in [0.717, 1.165) is 50.2 Å². The zero-order valence-corrected chi connectivity index (χ0v) is 22.0. The van der Waals surface area contributed by atoms with E-state index < -0.39 is 5.97 Å². The first-order valence-corrected chi connectivity index (χ1v) is 13.4. The van der Waals surface area contributed by atoms with Crippen molar-refractivity contribution in [2.24, 2.45) is 0 Å². The van der Waals surface area contributed by atoms with Crippen molar-refractivity contribution in [3.05, 3.63) is 31.9 Å². The summed E-state index contributed by atoms with van der Waals surface area (Å²) in [5.74, 6) is -0.217. The van der Waals surface area contributed by atoms with Crippen molar-refractivity contribution in [2.45, 2.75) is 71.8 Å². The van der Waals surface area contributed by atoms with Gasteiger partial charge in [0.1, 0.15) is 21.8 Å². The molecule has 8 nitrogen and oxygen atoms in total. The second-order valence-corrected chi connectivity index (χ2v) is 10.6. The lowest BCUT2D eigenvalue weighted by molar-refractivity contribution is -0.137. The molecule has 35 heavy (non-hydrogen) atoms. The van der Waals surface area contributed by atoms with Gasteiger partial charge >= 0.3 is 5.97 Å². The molecule has 188 valence electrons. The zero-order chi connectivity index (χ0) is 25.5. The Hall–Kier alpha value is -2.64. The van der Waals surface area contributed by atoms with E-state index in [4.69, 9.17) is 17.3 Å². The maximum atomic E-state index is 13.2. The van der Waals surface area contributed by atoms with Crippen LogP contribution in [0.4, 0.5) is 5.82 Å². The highest BCUT2D eigenvalue weighted by molar-refractivity contribution is 8.26. The van der Waals surface area contributed by atoms with Crippen molar-refractivity contribution >= 4 is 52.1 Å². The quantitative estimate of drug-likeness (QED) is 0.264. The number of hydrogen-bond donors (Lipinski definition) is 1. The summed E-state index contributed by atoms with van der Waals surface area (Å²) in [7, 11) is 0. The first kappa shape index (κ1) is 27.0. The smallest absolute Gasteiger partial charge is 0.303 e. The molecule has 0 aliphatic carbocycles. The van der Waals surface area contributed by atoms with E-state index in [0.29, 0.717) is 47.1 Å². The number of carbonyl (C=O) groups is 2. The maximum Gasteiger partial charge on any atom is 0.303 e. The van der Waals surface area contributed by atoms with Crippen molar-refractivity contribution in [1.29, 1.82) is 5.26 Å². The molecule has 0 spiro atoms. The van der Waals surface area contributed by atoms with Gasteiger partial charge in [-0.15, -0.1) is 0 Å². The molecule has 0 atom stereocenters. The van der Waals surface area contributed by atoms with Gasteiger partial charge in [0, 0.05) is 38.2 Å². The average Bonchev–Trinajstić information content (AvgIpc) is 3.44. The van der Waals surface area contributed by atoms with E-state index in [1.165, 1.54) is 11.8 Å². The standard InChI is InChI=1S/C25H32N4O4S2/c1-3-4-13-28-22(27-11-8-9-12-27)18(17(2)19(16-26)23(28)32)15-20-24(33)29(25(34)35-20)14-7-5-6-10-21(30)31/h15H,3-14H2,1-2H3,(H,30,31). The molecule has 0 aromatic carbocycles. The molecule has 0 unspecified atom stereocenters. The van der Waals surface area contributed by atoms with Gasteiger partial charge in [-0.05, 0) is 50.7 Å². The van der Waals surface area contributed by atoms with Crippen LogP contribution in [0.3, 0.4) is 0 Å². The van der Waals surface area contributed by atoms with E-state index in [2.05, 4.69) is 17.9 Å². The molecule has 0 saturated carbocycles. The van der Waals surface area contributed by atoms with Gasteiger partial charge in [-0.1, -0.05) is 43.7 Å². The van der Waals surface area contributed by atoms with E-state index >= 15 is 0 Å². The highest BCUT2D eigenvalue weighted by atomic mass is 32.2. The average molecular weight is 517 g/mol. The first-order chi connectivity index (χ1) is 16.8. The third-order valence-corrected chi connectivity index (χ3v) is 7.79. The number of amides is 1. The summed E-state index contributed by atoms with van der Waals surface area (Å²) < 4.78 is 2.19. The highest BCUT2D eigenvalue weighted by Gasteiger charge is 2.33. The van der Waals surface area contributed by atoms with E-state index in [9.17, 15) is 19.6 Å². The number of carbonyl (C=O) groups excluding carboxylic acids is 1. The second kappa shape index (κ2) is 12.4. The third kappa shape index (κ3) is 6.14. The lowest BCUT2D eigenvalue weighted by atomic mass is 10.0.